The molecular formula is C16H24. The highest BCUT2D eigenvalue weighted by atomic mass is 14.3. The second-order valence-electron chi connectivity index (χ2n) is 3.76. The molecule has 0 spiro atoms. The third-order valence-corrected chi connectivity index (χ3v) is 2.65. The van der Waals surface area contributed by atoms with Gasteiger partial charge in [-0.15, -0.1) is 0 Å². The Bertz CT molecular complexity index is 666. The van der Waals surface area contributed by atoms with Crippen molar-refractivity contribution in [2.75, 3.05) is 0 Å². The number of rotatable bonds is 3. The Morgan fingerprint density at radius 3 is 2.62 bits per heavy atom. The molecule has 2 rings (SSSR count). The molecule has 0 saturated heterocycles. The van der Waals surface area contributed by atoms with Crippen molar-refractivity contribution in [1.82, 2.24) is 0 Å². The van der Waals surface area contributed by atoms with Crippen LogP contribution in [-0.4, -0.2) is 0 Å². The number of aryl methyl sites for hydroxylation is 1. The molecule has 88 valence electrons. The fourth-order valence-electron chi connectivity index (χ4n) is 1.61. The first-order valence-corrected chi connectivity index (χ1v) is 5.69. The average Bonchev–Trinajstić information content (AvgIpc) is 2.58. The summed E-state index contributed by atoms with van der Waals surface area (Å²) in [5.74, 6) is -5.57. The molecule has 0 N–H and O–H groups in total. The predicted molar refractivity (Wildman–Crippen MR) is 70.8 cm³/mol. The lowest BCUT2D eigenvalue weighted by Gasteiger charge is -2.28. The minimum atomic E-state index is -3.15. The number of hydrogen-bond acceptors (Lipinski definition) is 0. The minimum Gasteiger partial charge on any atom is -0.0651 e. The molecule has 0 bridgehead atoms. The third-order valence-electron chi connectivity index (χ3n) is 2.65. The molecule has 0 atom stereocenters. The lowest BCUT2D eigenvalue weighted by molar-refractivity contribution is 0.318. The maximum atomic E-state index is 8.79. The molecule has 0 heteroatoms. The van der Waals surface area contributed by atoms with Gasteiger partial charge in [0.1, 0.15) is 0 Å². The SMILES string of the molecule is [2H]C1([2H])C([2H])([2H])C([2H])(c2cccc(CC)c2)C([2H])([2H])C([2H])([2H])C1([2H])CC. The van der Waals surface area contributed by atoms with E-state index in [-0.39, 0.29) is 5.56 Å². The summed E-state index contributed by atoms with van der Waals surface area (Å²) in [5, 5.41) is 0. The largest absolute Gasteiger partial charge is 0.0651 e. The molecule has 0 nitrogen and oxygen atoms in total. The smallest absolute Gasteiger partial charge is 0.0352 e. The Kier molecular flexibility index (Phi) is 1.54. The first-order chi connectivity index (χ1) is 11.6. The lowest BCUT2D eigenvalue weighted by atomic mass is 9.77. The highest BCUT2D eigenvalue weighted by Gasteiger charge is 2.21. The summed E-state index contributed by atoms with van der Waals surface area (Å²) < 4.78 is 84.0. The van der Waals surface area contributed by atoms with E-state index in [0.717, 1.165) is 0 Å². The molecular weight excluding hydrogens is 192 g/mol. The quantitative estimate of drug-likeness (QED) is 0.685. The monoisotopic (exact) mass is 226 g/mol. The third kappa shape index (κ3) is 2.66. The van der Waals surface area contributed by atoms with Crippen molar-refractivity contribution in [3.8, 4) is 0 Å². The van der Waals surface area contributed by atoms with Crippen LogP contribution in [-0.2, 0) is 6.42 Å². The van der Waals surface area contributed by atoms with Gasteiger partial charge in [-0.25, -0.2) is 0 Å². The molecule has 1 aromatic carbocycles. The molecule has 1 aliphatic rings. The van der Waals surface area contributed by atoms with Crippen LogP contribution in [0.1, 0.15) is 76.5 Å². The zero-order chi connectivity index (χ0) is 20.4. The molecule has 1 saturated carbocycles. The van der Waals surface area contributed by atoms with Gasteiger partial charge in [0.25, 0.3) is 0 Å². The van der Waals surface area contributed by atoms with E-state index < -0.39 is 43.7 Å². The van der Waals surface area contributed by atoms with Crippen LogP contribution in [0.4, 0.5) is 0 Å². The number of hydrogen-bond donors (Lipinski definition) is 0. The topological polar surface area (TPSA) is 0 Å². The molecule has 0 unspecified atom stereocenters. The van der Waals surface area contributed by atoms with Crippen LogP contribution >= 0.6 is 0 Å². The molecule has 0 aromatic heterocycles. The predicted octanol–water partition coefficient (Wildman–Crippen LogP) is 4.93. The summed E-state index contributed by atoms with van der Waals surface area (Å²) >= 11 is 0. The van der Waals surface area contributed by atoms with Gasteiger partial charge in [0.2, 0.25) is 0 Å². The van der Waals surface area contributed by atoms with Gasteiger partial charge >= 0.3 is 0 Å². The highest BCUT2D eigenvalue weighted by molar-refractivity contribution is 5.26. The van der Waals surface area contributed by atoms with Gasteiger partial charge < -0.3 is 0 Å². The van der Waals surface area contributed by atoms with Crippen molar-refractivity contribution < 1.29 is 13.7 Å². The first-order valence-electron chi connectivity index (χ1n) is 10.7. The average molecular weight is 226 g/mol. The normalized spacial score (nSPS) is 56.6. The summed E-state index contributed by atoms with van der Waals surface area (Å²) in [5.41, 5.74) is 0.581. The van der Waals surface area contributed by atoms with Crippen LogP contribution in [0, 0.1) is 5.89 Å². The summed E-state index contributed by atoms with van der Waals surface area (Å²) in [6.07, 6.45) is -12.4. The Morgan fingerprint density at radius 2 is 2.00 bits per heavy atom. The van der Waals surface area contributed by atoms with E-state index in [2.05, 4.69) is 0 Å². The molecule has 16 heavy (non-hydrogen) atoms. The van der Waals surface area contributed by atoms with E-state index in [4.69, 9.17) is 13.7 Å². The fraction of sp³-hybridized carbons (Fsp3) is 0.625. The van der Waals surface area contributed by atoms with Crippen LogP contribution in [0.15, 0.2) is 24.3 Å². The Labute approximate surface area is 114 Å². The Balaban J connectivity index is 2.92. The van der Waals surface area contributed by atoms with Gasteiger partial charge in [0.15, 0.2) is 0 Å². The summed E-state index contributed by atoms with van der Waals surface area (Å²) in [6, 6.07) is 6.02. The molecule has 0 aliphatic heterocycles. The zero-order valence-corrected chi connectivity index (χ0v) is 9.72. The Hall–Kier alpha value is -0.780. The fourth-order valence-corrected chi connectivity index (χ4v) is 1.61. The summed E-state index contributed by atoms with van der Waals surface area (Å²) in [4.78, 5) is 0. The number of benzene rings is 1. The first kappa shape index (κ1) is 4.48. The van der Waals surface area contributed by atoms with Gasteiger partial charge in [0.05, 0.1) is 0 Å². The second kappa shape index (κ2) is 5.52. The van der Waals surface area contributed by atoms with Crippen molar-refractivity contribution in [1.29, 1.82) is 0 Å². The van der Waals surface area contributed by atoms with Crippen LogP contribution in [0.3, 0.4) is 0 Å². The van der Waals surface area contributed by atoms with E-state index in [1.807, 2.05) is 6.92 Å². The Morgan fingerprint density at radius 1 is 1.25 bits per heavy atom. The zero-order valence-electron chi connectivity index (χ0n) is 19.7. The van der Waals surface area contributed by atoms with Crippen molar-refractivity contribution in [3.05, 3.63) is 35.4 Å². The molecule has 0 radical (unpaired) electrons. The maximum Gasteiger partial charge on any atom is 0.0352 e. The van der Waals surface area contributed by atoms with Crippen LogP contribution in [0.5, 0.6) is 0 Å². The second-order valence-corrected chi connectivity index (χ2v) is 3.76. The van der Waals surface area contributed by atoms with Crippen molar-refractivity contribution in [3.63, 3.8) is 0 Å². The van der Waals surface area contributed by atoms with Crippen molar-refractivity contribution in [2.45, 2.75) is 58.1 Å². The summed E-state index contributed by atoms with van der Waals surface area (Å²) in [6.45, 7) is 3.17. The van der Waals surface area contributed by atoms with Crippen molar-refractivity contribution >= 4 is 0 Å². The maximum absolute atomic E-state index is 8.79. The van der Waals surface area contributed by atoms with E-state index in [0.29, 0.717) is 12.0 Å². The van der Waals surface area contributed by atoms with Gasteiger partial charge in [-0.1, -0.05) is 44.5 Å². The van der Waals surface area contributed by atoms with Crippen LogP contribution in [0.25, 0.3) is 0 Å². The van der Waals surface area contributed by atoms with Gasteiger partial charge in [-0.3, -0.25) is 0 Å². The standard InChI is InChI=1S/C16H24/c1-3-13-8-10-15(11-9-13)16-7-5-6-14(4-2)12-16/h5-7,12-13,15H,3-4,8-11H2,1-2H3/i8D2,9D2,10D2,11D2,13D,15D. The highest BCUT2D eigenvalue weighted by Crippen LogP contribution is 2.37. The molecule has 0 heterocycles. The molecule has 1 aromatic rings. The lowest BCUT2D eigenvalue weighted by Crippen LogP contribution is -2.12. The van der Waals surface area contributed by atoms with E-state index in [9.17, 15) is 0 Å². The van der Waals surface area contributed by atoms with Gasteiger partial charge in [0, 0.05) is 13.7 Å². The van der Waals surface area contributed by atoms with Crippen LogP contribution in [0.2, 0.25) is 0 Å². The molecule has 0 amide bonds. The summed E-state index contributed by atoms with van der Waals surface area (Å²) in [7, 11) is 0. The van der Waals surface area contributed by atoms with Crippen molar-refractivity contribution in [2.24, 2.45) is 5.89 Å². The van der Waals surface area contributed by atoms with E-state index in [1.54, 1.807) is 6.07 Å². The van der Waals surface area contributed by atoms with E-state index >= 15 is 0 Å². The van der Waals surface area contributed by atoms with Gasteiger partial charge in [-0.2, -0.15) is 0 Å². The van der Waals surface area contributed by atoms with E-state index in [1.165, 1.54) is 25.1 Å². The van der Waals surface area contributed by atoms with Gasteiger partial charge in [-0.05, 0) is 54.8 Å². The minimum absolute atomic E-state index is 0.127. The molecule has 1 aliphatic carbocycles. The van der Waals surface area contributed by atoms with Crippen LogP contribution < -0.4 is 0 Å². The molecule has 1 fully saturated rings.